The van der Waals surface area contributed by atoms with Gasteiger partial charge in [-0.1, -0.05) is 12.1 Å². The zero-order chi connectivity index (χ0) is 20.2. The summed E-state index contributed by atoms with van der Waals surface area (Å²) >= 11 is 0. The first-order chi connectivity index (χ1) is 13.6. The Labute approximate surface area is 165 Å². The summed E-state index contributed by atoms with van der Waals surface area (Å²) in [5, 5.41) is 8.92. The second kappa shape index (κ2) is 11.9. The number of primary amides is 1. The smallest absolute Gasteiger partial charge is 0.251 e. The van der Waals surface area contributed by atoms with Crippen LogP contribution < -0.4 is 21.7 Å². The first-order valence-electron chi connectivity index (χ1n) is 9.38. The Bertz CT molecular complexity index is 657. The third-order valence-electron chi connectivity index (χ3n) is 4.18. The molecule has 0 bridgehead atoms. The van der Waals surface area contributed by atoms with Crippen molar-refractivity contribution in [2.24, 2.45) is 10.7 Å². The van der Waals surface area contributed by atoms with E-state index < -0.39 is 5.91 Å². The van der Waals surface area contributed by atoms with Gasteiger partial charge in [-0.3, -0.25) is 14.6 Å². The minimum Gasteiger partial charge on any atom is -0.379 e. The molecule has 1 atom stereocenters. The van der Waals surface area contributed by atoms with E-state index in [0.29, 0.717) is 31.3 Å². The molecule has 1 aromatic rings. The molecular formula is C19H29N5O4. The average molecular weight is 391 g/mol. The van der Waals surface area contributed by atoms with Crippen LogP contribution in [0.25, 0.3) is 0 Å². The highest BCUT2D eigenvalue weighted by molar-refractivity contribution is 5.96. The summed E-state index contributed by atoms with van der Waals surface area (Å²) in [6.45, 7) is 3.33. The van der Waals surface area contributed by atoms with Crippen molar-refractivity contribution < 1.29 is 19.1 Å². The van der Waals surface area contributed by atoms with Gasteiger partial charge in [-0.15, -0.1) is 0 Å². The monoisotopic (exact) mass is 391 g/mol. The van der Waals surface area contributed by atoms with E-state index >= 15 is 0 Å². The van der Waals surface area contributed by atoms with Gasteiger partial charge in [0.05, 0.1) is 19.3 Å². The van der Waals surface area contributed by atoms with Gasteiger partial charge in [-0.25, -0.2) is 0 Å². The van der Waals surface area contributed by atoms with Crippen LogP contribution in [0.5, 0.6) is 0 Å². The Morgan fingerprint density at radius 2 is 2.04 bits per heavy atom. The molecule has 1 heterocycles. The standard InChI is InChI=1S/C19H29N5O4/c1-21-19(22-8-2-9-28-16-7-10-27-13-16)24-11-14-3-5-15(6-4-14)18(26)23-12-17(20)25/h3-6,16H,2,7-13H2,1H3,(H2,20,25)(H,23,26)(H2,21,22,24). The average Bonchev–Trinajstić information content (AvgIpc) is 3.22. The van der Waals surface area contributed by atoms with Crippen molar-refractivity contribution in [1.29, 1.82) is 0 Å². The van der Waals surface area contributed by atoms with E-state index in [2.05, 4.69) is 20.9 Å². The molecule has 0 aliphatic carbocycles. The second-order valence-corrected chi connectivity index (χ2v) is 6.41. The summed E-state index contributed by atoms with van der Waals surface area (Å²) < 4.78 is 11.0. The van der Waals surface area contributed by atoms with Crippen molar-refractivity contribution >= 4 is 17.8 Å². The Morgan fingerprint density at radius 1 is 1.25 bits per heavy atom. The number of amides is 2. The fourth-order valence-corrected chi connectivity index (χ4v) is 2.62. The van der Waals surface area contributed by atoms with E-state index in [-0.39, 0.29) is 18.6 Å². The van der Waals surface area contributed by atoms with Crippen LogP contribution in [-0.2, 0) is 20.8 Å². The maximum atomic E-state index is 11.8. The summed E-state index contributed by atoms with van der Waals surface area (Å²) in [5.41, 5.74) is 6.48. The SMILES string of the molecule is CN=C(NCCCOC1CCOC1)NCc1ccc(C(=O)NCC(N)=O)cc1. The molecule has 28 heavy (non-hydrogen) atoms. The Morgan fingerprint density at radius 3 is 2.68 bits per heavy atom. The molecule has 0 radical (unpaired) electrons. The van der Waals surface area contributed by atoms with Crippen molar-refractivity contribution in [3.8, 4) is 0 Å². The van der Waals surface area contributed by atoms with E-state index in [4.69, 9.17) is 15.2 Å². The maximum Gasteiger partial charge on any atom is 0.251 e. The van der Waals surface area contributed by atoms with Gasteiger partial charge in [0.15, 0.2) is 5.96 Å². The number of nitrogens with two attached hydrogens (primary N) is 1. The van der Waals surface area contributed by atoms with E-state index in [1.165, 1.54) is 0 Å². The molecule has 2 amide bonds. The lowest BCUT2D eigenvalue weighted by Gasteiger charge is -2.13. The number of benzene rings is 1. The molecule has 9 heteroatoms. The Kier molecular flexibility index (Phi) is 9.23. The predicted octanol–water partition coefficient (Wildman–Crippen LogP) is -0.238. The van der Waals surface area contributed by atoms with Gasteiger partial charge in [0, 0.05) is 38.9 Å². The van der Waals surface area contributed by atoms with Crippen LogP contribution in [0.1, 0.15) is 28.8 Å². The summed E-state index contributed by atoms with van der Waals surface area (Å²) in [4.78, 5) is 26.7. The topological polar surface area (TPSA) is 127 Å². The van der Waals surface area contributed by atoms with Gasteiger partial charge in [0.25, 0.3) is 5.91 Å². The first kappa shape index (κ1) is 21.6. The molecule has 9 nitrogen and oxygen atoms in total. The largest absolute Gasteiger partial charge is 0.379 e. The van der Waals surface area contributed by atoms with E-state index in [9.17, 15) is 9.59 Å². The number of carbonyl (C=O) groups excluding carboxylic acids is 2. The molecule has 0 spiro atoms. The van der Waals surface area contributed by atoms with Gasteiger partial charge in [0.1, 0.15) is 0 Å². The quantitative estimate of drug-likeness (QED) is 0.248. The lowest BCUT2D eigenvalue weighted by Crippen LogP contribution is -2.37. The number of aliphatic imine (C=N–C) groups is 1. The summed E-state index contributed by atoms with van der Waals surface area (Å²) in [6, 6.07) is 7.09. The fraction of sp³-hybridized carbons (Fsp3) is 0.526. The first-order valence-corrected chi connectivity index (χ1v) is 9.38. The molecule has 5 N–H and O–H groups in total. The van der Waals surface area contributed by atoms with Crippen LogP contribution in [0.3, 0.4) is 0 Å². The third kappa shape index (κ3) is 7.93. The lowest BCUT2D eigenvalue weighted by atomic mass is 10.1. The second-order valence-electron chi connectivity index (χ2n) is 6.41. The van der Waals surface area contributed by atoms with Crippen LogP contribution in [0.4, 0.5) is 0 Å². The highest BCUT2D eigenvalue weighted by Gasteiger charge is 2.15. The van der Waals surface area contributed by atoms with E-state index in [0.717, 1.165) is 31.6 Å². The van der Waals surface area contributed by atoms with Crippen molar-refractivity contribution in [2.75, 3.05) is 40.0 Å². The molecule has 2 rings (SSSR count). The highest BCUT2D eigenvalue weighted by Crippen LogP contribution is 2.08. The molecule has 1 aliphatic rings. The molecule has 1 aromatic carbocycles. The fourth-order valence-electron chi connectivity index (χ4n) is 2.62. The zero-order valence-electron chi connectivity index (χ0n) is 16.2. The molecular weight excluding hydrogens is 362 g/mol. The number of nitrogens with one attached hydrogen (secondary N) is 3. The zero-order valence-corrected chi connectivity index (χ0v) is 16.2. The molecule has 0 aromatic heterocycles. The van der Waals surface area contributed by atoms with Gasteiger partial charge < -0.3 is 31.2 Å². The number of rotatable bonds is 10. The predicted molar refractivity (Wildman–Crippen MR) is 106 cm³/mol. The third-order valence-corrected chi connectivity index (χ3v) is 4.18. The lowest BCUT2D eigenvalue weighted by molar-refractivity contribution is -0.117. The highest BCUT2D eigenvalue weighted by atomic mass is 16.5. The number of carbonyl (C=O) groups is 2. The molecule has 154 valence electrons. The van der Waals surface area contributed by atoms with E-state index in [1.807, 2.05) is 12.1 Å². The Hall–Kier alpha value is -2.65. The van der Waals surface area contributed by atoms with Crippen molar-refractivity contribution in [2.45, 2.75) is 25.5 Å². The Balaban J connectivity index is 1.65. The van der Waals surface area contributed by atoms with Gasteiger partial charge in [-0.2, -0.15) is 0 Å². The van der Waals surface area contributed by atoms with Crippen LogP contribution >= 0.6 is 0 Å². The molecule has 1 unspecified atom stereocenters. The minimum atomic E-state index is -0.577. The number of ether oxygens (including phenoxy) is 2. The van der Waals surface area contributed by atoms with Crippen LogP contribution in [0.2, 0.25) is 0 Å². The number of hydrogen-bond donors (Lipinski definition) is 4. The molecule has 1 fully saturated rings. The van der Waals surface area contributed by atoms with Gasteiger partial charge in [0.2, 0.25) is 5.91 Å². The molecule has 1 aliphatic heterocycles. The summed E-state index contributed by atoms with van der Waals surface area (Å²) in [5.74, 6) is -0.207. The maximum absolute atomic E-state index is 11.8. The number of nitrogens with zero attached hydrogens (tertiary/aromatic N) is 1. The molecule has 1 saturated heterocycles. The minimum absolute atomic E-state index is 0.177. The van der Waals surface area contributed by atoms with Crippen molar-refractivity contribution in [1.82, 2.24) is 16.0 Å². The molecule has 0 saturated carbocycles. The van der Waals surface area contributed by atoms with Gasteiger partial charge in [-0.05, 0) is 30.5 Å². The van der Waals surface area contributed by atoms with Crippen molar-refractivity contribution in [3.05, 3.63) is 35.4 Å². The summed E-state index contributed by atoms with van der Waals surface area (Å²) in [7, 11) is 1.72. The van der Waals surface area contributed by atoms with Crippen LogP contribution in [-0.4, -0.2) is 63.8 Å². The van der Waals surface area contributed by atoms with Crippen molar-refractivity contribution in [3.63, 3.8) is 0 Å². The normalized spacial score (nSPS) is 16.6. The number of guanidine groups is 1. The van der Waals surface area contributed by atoms with Crippen LogP contribution in [0.15, 0.2) is 29.3 Å². The van der Waals surface area contributed by atoms with Crippen LogP contribution in [0, 0.1) is 0 Å². The van der Waals surface area contributed by atoms with E-state index in [1.54, 1.807) is 19.2 Å². The number of hydrogen-bond acceptors (Lipinski definition) is 5. The summed E-state index contributed by atoms with van der Waals surface area (Å²) in [6.07, 6.45) is 2.09. The van der Waals surface area contributed by atoms with Gasteiger partial charge >= 0.3 is 0 Å².